The van der Waals surface area contributed by atoms with Crippen molar-refractivity contribution in [1.29, 1.82) is 0 Å². The summed E-state index contributed by atoms with van der Waals surface area (Å²) in [5, 5.41) is 7.88. The average molecular weight is 819 g/mol. The molecule has 0 fully saturated rings. The molecule has 0 saturated carbocycles. The van der Waals surface area contributed by atoms with Gasteiger partial charge in [0.1, 0.15) is 47.7 Å². The van der Waals surface area contributed by atoms with Gasteiger partial charge in [-0.15, -0.1) is 0 Å². The summed E-state index contributed by atoms with van der Waals surface area (Å²) in [6.45, 7) is 5.67. The molecule has 0 aliphatic carbocycles. The summed E-state index contributed by atoms with van der Waals surface area (Å²) in [4.78, 5) is 19.8. The van der Waals surface area contributed by atoms with E-state index in [0.29, 0.717) is 0 Å². The Labute approximate surface area is 322 Å². The summed E-state index contributed by atoms with van der Waals surface area (Å²) >= 11 is 0. The van der Waals surface area contributed by atoms with Gasteiger partial charge in [-0.1, -0.05) is 97.1 Å². The third-order valence-corrected chi connectivity index (χ3v) is 13.3. The first-order valence-electron chi connectivity index (χ1n) is 16.9. The molecular weight excluding hydrogens is 777 g/mol. The van der Waals surface area contributed by atoms with Gasteiger partial charge in [-0.3, -0.25) is 0 Å². The maximum Gasteiger partial charge on any atom is 0.338 e. The second-order valence-electron chi connectivity index (χ2n) is 11.2. The summed E-state index contributed by atoms with van der Waals surface area (Å²) in [5.41, 5.74) is 0. The summed E-state index contributed by atoms with van der Waals surface area (Å²) < 4.78 is 15.7. The van der Waals surface area contributed by atoms with Crippen molar-refractivity contribution in [3.63, 3.8) is 0 Å². The molecule has 7 rings (SSSR count). The van der Waals surface area contributed by atoms with Crippen LogP contribution in [0.1, 0.15) is 13.8 Å². The third kappa shape index (κ3) is 11.5. The van der Waals surface area contributed by atoms with E-state index in [4.69, 9.17) is 9.47 Å². The molecular formula is C44H42O5P2Pd+2. The first-order valence-corrected chi connectivity index (χ1v) is 19.9. The molecule has 1 heterocycles. The van der Waals surface area contributed by atoms with E-state index < -0.39 is 27.8 Å². The first-order chi connectivity index (χ1) is 25.1. The second-order valence-corrected chi connectivity index (χ2v) is 16.1. The van der Waals surface area contributed by atoms with E-state index in [1.807, 2.05) is 13.8 Å². The predicted octanol–water partition coefficient (Wildman–Crippen LogP) is 7.13. The molecule has 1 aliphatic heterocycles. The van der Waals surface area contributed by atoms with Gasteiger partial charge in [-0.05, 0) is 86.6 Å². The van der Waals surface area contributed by atoms with Crippen LogP contribution in [0, 0.1) is 0 Å². The molecule has 0 atom stereocenters. The predicted molar refractivity (Wildman–Crippen MR) is 216 cm³/mol. The van der Waals surface area contributed by atoms with E-state index in [9.17, 15) is 9.59 Å². The van der Waals surface area contributed by atoms with Crippen LogP contribution in [0.3, 0.4) is 0 Å². The number of rotatable bonds is 10. The van der Waals surface area contributed by atoms with E-state index in [-0.39, 0.29) is 20.4 Å². The zero-order chi connectivity index (χ0) is 35.7. The molecule has 5 nitrogen and oxygen atoms in total. The SMILES string of the molecule is CCOCC.O=C1C=CC(=O)O1.[Pd].c1ccc([PH+](c2ccccc2)c2ccccc2Oc2ccccc2[PH+](c2ccccc2)c2ccccc2)cc1. The van der Waals surface area contributed by atoms with Gasteiger partial charge in [0.2, 0.25) is 0 Å². The molecule has 6 aromatic rings. The van der Waals surface area contributed by atoms with E-state index >= 15 is 0 Å². The first kappa shape index (κ1) is 40.3. The molecule has 6 aromatic carbocycles. The van der Waals surface area contributed by atoms with Crippen LogP contribution in [0.2, 0.25) is 0 Å². The van der Waals surface area contributed by atoms with Crippen LogP contribution in [0.5, 0.6) is 11.5 Å². The minimum Gasteiger partial charge on any atom is -0.449 e. The number of benzene rings is 6. The Hall–Kier alpha value is -4.52. The van der Waals surface area contributed by atoms with E-state index in [0.717, 1.165) is 36.9 Å². The van der Waals surface area contributed by atoms with Gasteiger partial charge in [0.15, 0.2) is 11.5 Å². The van der Waals surface area contributed by atoms with Crippen molar-refractivity contribution < 1.29 is 44.2 Å². The fourth-order valence-electron chi connectivity index (χ4n) is 5.52. The number of ether oxygens (including phenoxy) is 3. The minimum absolute atomic E-state index is 0. The van der Waals surface area contributed by atoms with Crippen molar-refractivity contribution in [2.24, 2.45) is 0 Å². The normalized spacial score (nSPS) is 11.5. The fourth-order valence-corrected chi connectivity index (χ4v) is 10.8. The van der Waals surface area contributed by atoms with Crippen LogP contribution in [0.15, 0.2) is 182 Å². The molecule has 0 aromatic heterocycles. The van der Waals surface area contributed by atoms with Gasteiger partial charge in [0.25, 0.3) is 0 Å². The Morgan fingerprint density at radius 2 is 0.731 bits per heavy atom. The topological polar surface area (TPSA) is 61.8 Å². The standard InChI is InChI=1S/C36H28OP2.C4H2O3.C4H10O.Pd/c1-5-17-29(18-6-1)38(30-19-7-2-8-20-30)35-27-15-13-25-33(35)37-34-26-14-16-28-36(34)39(31-21-9-3-10-22-31)32-23-11-4-12-24-32;5-3-1-2-4(6)7-3;1-3-5-4-2;/h1-28H;1-2H;3-4H2,1-2H3;/p+2. The average Bonchev–Trinajstić information content (AvgIpc) is 3.57. The third-order valence-electron chi connectivity index (χ3n) is 7.75. The largest absolute Gasteiger partial charge is 0.449 e. The molecule has 0 amide bonds. The number of hydrogen-bond donors (Lipinski definition) is 0. The summed E-state index contributed by atoms with van der Waals surface area (Å²) in [7, 11) is -2.56. The molecule has 8 heteroatoms. The van der Waals surface area contributed by atoms with Crippen LogP contribution in [0.4, 0.5) is 0 Å². The van der Waals surface area contributed by atoms with E-state index in [1.165, 1.54) is 31.8 Å². The number of cyclic esters (lactones) is 2. The van der Waals surface area contributed by atoms with Crippen molar-refractivity contribution in [1.82, 2.24) is 0 Å². The summed E-state index contributed by atoms with van der Waals surface area (Å²) in [5.74, 6) is 0.693. The molecule has 0 bridgehead atoms. The number of esters is 2. The second kappa shape index (κ2) is 21.8. The fraction of sp³-hybridized carbons (Fsp3) is 0.0909. The Morgan fingerprint density at radius 1 is 0.442 bits per heavy atom. The summed E-state index contributed by atoms with van der Waals surface area (Å²) in [6.07, 6.45) is 2.17. The van der Waals surface area contributed by atoms with Gasteiger partial charge in [0, 0.05) is 45.8 Å². The Morgan fingerprint density at radius 3 is 0.981 bits per heavy atom. The molecule has 0 N–H and O–H groups in total. The molecule has 266 valence electrons. The maximum atomic E-state index is 9.92. The summed E-state index contributed by atoms with van der Waals surface area (Å²) in [6, 6.07) is 60.6. The van der Waals surface area contributed by atoms with Gasteiger partial charge >= 0.3 is 11.9 Å². The van der Waals surface area contributed by atoms with Crippen molar-refractivity contribution in [3.05, 3.63) is 182 Å². The molecule has 0 spiro atoms. The van der Waals surface area contributed by atoms with E-state index in [2.05, 4.69) is 175 Å². The Kier molecular flexibility index (Phi) is 16.8. The number of carbonyl (C=O) groups is 2. The quantitative estimate of drug-likeness (QED) is 0.0638. The van der Waals surface area contributed by atoms with Crippen LogP contribution in [0.25, 0.3) is 0 Å². The molecule has 1 aliphatic rings. The Bertz CT molecular complexity index is 1770. The molecule has 0 saturated heterocycles. The molecule has 0 unspecified atom stereocenters. The smallest absolute Gasteiger partial charge is 0.338 e. The van der Waals surface area contributed by atoms with E-state index in [1.54, 1.807) is 0 Å². The van der Waals surface area contributed by atoms with Crippen LogP contribution < -0.4 is 36.6 Å². The number of para-hydroxylation sites is 2. The molecule has 52 heavy (non-hydrogen) atoms. The van der Waals surface area contributed by atoms with Crippen LogP contribution in [-0.2, 0) is 39.5 Å². The van der Waals surface area contributed by atoms with Gasteiger partial charge < -0.3 is 14.2 Å². The number of carbonyl (C=O) groups excluding carboxylic acids is 2. The van der Waals surface area contributed by atoms with Gasteiger partial charge in [-0.2, -0.15) is 0 Å². The van der Waals surface area contributed by atoms with Crippen molar-refractivity contribution in [2.45, 2.75) is 13.8 Å². The van der Waals surface area contributed by atoms with Gasteiger partial charge in [0.05, 0.1) is 0 Å². The zero-order valence-corrected chi connectivity index (χ0v) is 32.6. The van der Waals surface area contributed by atoms with Crippen LogP contribution in [-0.4, -0.2) is 25.2 Å². The van der Waals surface area contributed by atoms with Crippen molar-refractivity contribution in [2.75, 3.05) is 13.2 Å². The molecule has 0 radical (unpaired) electrons. The van der Waals surface area contributed by atoms with Crippen molar-refractivity contribution >= 4 is 59.6 Å². The Balaban J connectivity index is 0.000000399. The zero-order valence-electron chi connectivity index (χ0n) is 29.1. The van der Waals surface area contributed by atoms with Crippen molar-refractivity contribution in [3.8, 4) is 11.5 Å². The van der Waals surface area contributed by atoms with Crippen LogP contribution >= 0.6 is 15.8 Å². The number of hydrogen-bond acceptors (Lipinski definition) is 5. The van der Waals surface area contributed by atoms with Gasteiger partial charge in [-0.25, -0.2) is 9.59 Å². The maximum absolute atomic E-state index is 9.92. The monoisotopic (exact) mass is 818 g/mol. The minimum atomic E-state index is -1.28.